The molecule has 0 unspecified atom stereocenters. The number of hydrogen-bond acceptors (Lipinski definition) is 4. The smallest absolute Gasteiger partial charge is 0.420 e. The molecule has 96 valence electrons. The lowest BCUT2D eigenvalue weighted by Gasteiger charge is -2.18. The number of hydrogen-bond donors (Lipinski definition) is 1. The van der Waals surface area contributed by atoms with Crippen molar-refractivity contribution in [2.75, 3.05) is 17.7 Å². The first-order valence-corrected chi connectivity index (χ1v) is 5.64. The number of rotatable bonds is 0. The molecule has 2 amide bonds. The number of amides is 2. The zero-order chi connectivity index (χ0) is 13.7. The van der Waals surface area contributed by atoms with E-state index >= 15 is 0 Å². The van der Waals surface area contributed by atoms with Gasteiger partial charge in [0.2, 0.25) is 5.91 Å². The highest BCUT2D eigenvalue weighted by atomic mass is 16.5. The fraction of sp³-hybridized carbons (Fsp3) is 0.385. The Bertz CT molecular complexity index is 549. The van der Waals surface area contributed by atoms with Crippen molar-refractivity contribution in [3.63, 3.8) is 0 Å². The molecule has 2 rings (SSSR count). The van der Waals surface area contributed by atoms with Crippen LogP contribution in [0.2, 0.25) is 0 Å². The monoisotopic (exact) mass is 248 g/mol. The van der Waals surface area contributed by atoms with E-state index in [-0.39, 0.29) is 5.91 Å². The fourth-order valence-electron chi connectivity index (χ4n) is 2.46. The second kappa shape index (κ2) is 3.73. The number of benzene rings is 1. The largest absolute Gasteiger partial charge is 0.452 e. The second-order valence-electron chi connectivity index (χ2n) is 4.91. The number of methoxy groups -OCH3 is 1. The molecule has 0 spiro atoms. The van der Waals surface area contributed by atoms with Crippen molar-refractivity contribution in [2.45, 2.75) is 26.2 Å². The Morgan fingerprint density at radius 3 is 2.56 bits per heavy atom. The van der Waals surface area contributed by atoms with Crippen molar-refractivity contribution in [3.8, 4) is 0 Å². The van der Waals surface area contributed by atoms with Gasteiger partial charge in [-0.05, 0) is 44.0 Å². The van der Waals surface area contributed by atoms with Gasteiger partial charge in [-0.2, -0.15) is 0 Å². The normalized spacial score (nSPS) is 16.7. The minimum Gasteiger partial charge on any atom is -0.452 e. The Labute approximate surface area is 106 Å². The highest BCUT2D eigenvalue weighted by Gasteiger charge is 2.48. The summed E-state index contributed by atoms with van der Waals surface area (Å²) in [5.41, 5.74) is 7.88. The lowest BCUT2D eigenvalue weighted by molar-refractivity contribution is -0.121. The fourth-order valence-corrected chi connectivity index (χ4v) is 2.46. The molecule has 1 aromatic rings. The number of carbonyl (C=O) groups excluding carboxylic acids is 2. The van der Waals surface area contributed by atoms with E-state index < -0.39 is 11.5 Å². The molecule has 1 aromatic carbocycles. The van der Waals surface area contributed by atoms with E-state index in [0.717, 1.165) is 16.0 Å². The van der Waals surface area contributed by atoms with Crippen molar-refractivity contribution in [1.29, 1.82) is 0 Å². The molecule has 0 bridgehead atoms. The van der Waals surface area contributed by atoms with E-state index in [1.807, 2.05) is 6.92 Å². The number of nitrogens with two attached hydrogens (primary N) is 1. The predicted octanol–water partition coefficient (Wildman–Crippen LogP) is 1.97. The first-order valence-electron chi connectivity index (χ1n) is 5.64. The molecule has 0 saturated heterocycles. The number of nitrogen functional groups attached to an aromatic ring is 1. The lowest BCUT2D eigenvalue weighted by Crippen LogP contribution is -2.40. The van der Waals surface area contributed by atoms with E-state index in [4.69, 9.17) is 5.73 Å². The summed E-state index contributed by atoms with van der Waals surface area (Å²) >= 11 is 0. The quantitative estimate of drug-likeness (QED) is 0.712. The van der Waals surface area contributed by atoms with Crippen molar-refractivity contribution >= 4 is 23.4 Å². The molecule has 2 N–H and O–H groups in total. The molecule has 5 nitrogen and oxygen atoms in total. The zero-order valence-corrected chi connectivity index (χ0v) is 10.9. The number of ether oxygens (including phenoxy) is 1. The SMILES string of the molecule is COC(=O)N1C(=O)C(C)(C)c2c1ccc(N)c2C. The third-order valence-electron chi connectivity index (χ3n) is 3.45. The molecular formula is C13H16N2O3. The van der Waals surface area contributed by atoms with Gasteiger partial charge in [-0.25, -0.2) is 9.69 Å². The van der Waals surface area contributed by atoms with Crippen LogP contribution in [0.1, 0.15) is 25.0 Å². The highest BCUT2D eigenvalue weighted by molar-refractivity contribution is 6.21. The average Bonchev–Trinajstić information content (AvgIpc) is 2.52. The summed E-state index contributed by atoms with van der Waals surface area (Å²) in [6, 6.07) is 3.38. The maximum atomic E-state index is 12.3. The van der Waals surface area contributed by atoms with Crippen molar-refractivity contribution in [1.82, 2.24) is 0 Å². The first-order chi connectivity index (χ1) is 8.32. The van der Waals surface area contributed by atoms with Crippen molar-refractivity contribution < 1.29 is 14.3 Å². The van der Waals surface area contributed by atoms with Gasteiger partial charge in [0.15, 0.2) is 0 Å². The molecule has 0 fully saturated rings. The third-order valence-corrected chi connectivity index (χ3v) is 3.45. The molecule has 1 heterocycles. The Morgan fingerprint density at radius 2 is 2.00 bits per heavy atom. The van der Waals surface area contributed by atoms with Crippen LogP contribution in [0.15, 0.2) is 12.1 Å². The van der Waals surface area contributed by atoms with Crippen LogP contribution in [0.4, 0.5) is 16.2 Å². The minimum absolute atomic E-state index is 0.293. The van der Waals surface area contributed by atoms with Gasteiger partial charge in [-0.3, -0.25) is 4.79 Å². The van der Waals surface area contributed by atoms with E-state index in [0.29, 0.717) is 11.4 Å². The summed E-state index contributed by atoms with van der Waals surface area (Å²) in [5, 5.41) is 0. The molecule has 0 aliphatic carbocycles. The van der Waals surface area contributed by atoms with E-state index in [1.165, 1.54) is 7.11 Å². The highest BCUT2D eigenvalue weighted by Crippen LogP contribution is 2.45. The first kappa shape index (κ1) is 12.4. The number of carbonyl (C=O) groups is 2. The van der Waals surface area contributed by atoms with Gasteiger partial charge in [0.25, 0.3) is 0 Å². The molecular weight excluding hydrogens is 232 g/mol. The minimum atomic E-state index is -0.775. The topological polar surface area (TPSA) is 72.6 Å². The average molecular weight is 248 g/mol. The van der Waals surface area contributed by atoms with Gasteiger partial charge in [0.1, 0.15) is 0 Å². The van der Waals surface area contributed by atoms with Crippen LogP contribution in [0.3, 0.4) is 0 Å². The summed E-state index contributed by atoms with van der Waals surface area (Å²) in [6.07, 6.45) is -0.670. The van der Waals surface area contributed by atoms with Crippen molar-refractivity contribution in [2.24, 2.45) is 0 Å². The van der Waals surface area contributed by atoms with E-state index in [2.05, 4.69) is 4.74 Å². The predicted molar refractivity (Wildman–Crippen MR) is 68.5 cm³/mol. The molecule has 1 aliphatic rings. The maximum Gasteiger partial charge on any atom is 0.420 e. The van der Waals surface area contributed by atoms with E-state index in [1.54, 1.807) is 26.0 Å². The zero-order valence-electron chi connectivity index (χ0n) is 10.9. The third kappa shape index (κ3) is 1.40. The lowest BCUT2D eigenvalue weighted by atomic mass is 9.83. The van der Waals surface area contributed by atoms with Gasteiger partial charge in [0, 0.05) is 5.69 Å². The summed E-state index contributed by atoms with van der Waals surface area (Å²) in [6.45, 7) is 5.41. The van der Waals surface area contributed by atoms with Crippen LogP contribution in [0.5, 0.6) is 0 Å². The summed E-state index contributed by atoms with van der Waals surface area (Å²) in [5.74, 6) is -0.293. The van der Waals surface area contributed by atoms with Crippen LogP contribution < -0.4 is 10.6 Å². The number of nitrogens with zero attached hydrogens (tertiary/aromatic N) is 1. The molecule has 0 atom stereocenters. The Hall–Kier alpha value is -2.04. The molecule has 1 aliphatic heterocycles. The molecule has 5 heteroatoms. The Morgan fingerprint density at radius 1 is 1.39 bits per heavy atom. The van der Waals surface area contributed by atoms with Gasteiger partial charge in [-0.1, -0.05) is 0 Å². The van der Waals surface area contributed by atoms with Gasteiger partial charge in [0.05, 0.1) is 18.2 Å². The Balaban J connectivity index is 2.73. The number of fused-ring (bicyclic) bond motifs is 1. The second-order valence-corrected chi connectivity index (χ2v) is 4.91. The van der Waals surface area contributed by atoms with Crippen LogP contribution in [0, 0.1) is 6.92 Å². The summed E-state index contributed by atoms with van der Waals surface area (Å²) < 4.78 is 4.66. The number of imide groups is 1. The van der Waals surface area contributed by atoms with Crippen LogP contribution in [0.25, 0.3) is 0 Å². The van der Waals surface area contributed by atoms with Crippen LogP contribution in [-0.2, 0) is 14.9 Å². The van der Waals surface area contributed by atoms with E-state index in [9.17, 15) is 9.59 Å². The molecule has 0 aromatic heterocycles. The Kier molecular flexibility index (Phi) is 2.57. The molecule has 0 radical (unpaired) electrons. The standard InChI is InChI=1S/C13H16N2O3/c1-7-8(14)5-6-9-10(7)13(2,3)11(16)15(9)12(17)18-4/h5-6H,14H2,1-4H3. The van der Waals surface area contributed by atoms with Gasteiger partial charge >= 0.3 is 6.09 Å². The van der Waals surface area contributed by atoms with Crippen LogP contribution >= 0.6 is 0 Å². The maximum absolute atomic E-state index is 12.3. The molecule has 0 saturated carbocycles. The number of anilines is 2. The molecule has 18 heavy (non-hydrogen) atoms. The van der Waals surface area contributed by atoms with Gasteiger partial charge in [-0.15, -0.1) is 0 Å². The van der Waals surface area contributed by atoms with Crippen molar-refractivity contribution in [3.05, 3.63) is 23.3 Å². The van der Waals surface area contributed by atoms with Crippen LogP contribution in [-0.4, -0.2) is 19.1 Å². The summed E-state index contributed by atoms with van der Waals surface area (Å²) in [4.78, 5) is 25.1. The van der Waals surface area contributed by atoms with Gasteiger partial charge < -0.3 is 10.5 Å². The summed E-state index contributed by atoms with van der Waals surface area (Å²) in [7, 11) is 1.25.